The van der Waals surface area contributed by atoms with E-state index in [4.69, 9.17) is 39.5 Å². The van der Waals surface area contributed by atoms with Crippen LogP contribution in [-0.2, 0) is 0 Å². The molecular weight excluding hydrogens is 293 g/mol. The molecule has 0 aliphatic heterocycles. The fourth-order valence-electron chi connectivity index (χ4n) is 1.41. The Hall–Kier alpha value is -0.150. The van der Waals surface area contributed by atoms with Gasteiger partial charge in [-0.15, -0.1) is 0 Å². The number of hydrogen-bond donors (Lipinski definition) is 1. The largest absolute Gasteiger partial charge is 0.487 e. The molecule has 5 heteroatoms. The van der Waals surface area contributed by atoms with Gasteiger partial charge in [-0.1, -0.05) is 55.6 Å². The molecule has 0 bridgehead atoms. The van der Waals surface area contributed by atoms with Crippen molar-refractivity contribution in [3.8, 4) is 5.75 Å². The predicted octanol–water partition coefficient (Wildman–Crippen LogP) is 4.80. The maximum Gasteiger partial charge on any atom is 0.139 e. The molecule has 18 heavy (non-hydrogen) atoms. The highest BCUT2D eigenvalue weighted by Gasteiger charge is 2.13. The smallest absolute Gasteiger partial charge is 0.139 e. The quantitative estimate of drug-likeness (QED) is 0.762. The summed E-state index contributed by atoms with van der Waals surface area (Å²) in [5.74, 6) is 0.573. The first-order valence-electron chi connectivity index (χ1n) is 5.98. The average molecular weight is 311 g/mol. The van der Waals surface area contributed by atoms with E-state index in [2.05, 4.69) is 26.1 Å². The Morgan fingerprint density at radius 1 is 1.11 bits per heavy atom. The summed E-state index contributed by atoms with van der Waals surface area (Å²) in [5, 5.41) is 4.69. The zero-order chi connectivity index (χ0) is 13.7. The van der Waals surface area contributed by atoms with Crippen molar-refractivity contribution in [2.24, 2.45) is 0 Å². The lowest BCUT2D eigenvalue weighted by Gasteiger charge is -2.20. The number of hydrogen-bond acceptors (Lipinski definition) is 2. The van der Waals surface area contributed by atoms with Gasteiger partial charge in [-0.2, -0.15) is 0 Å². The molecule has 0 radical (unpaired) electrons. The molecule has 2 nitrogen and oxygen atoms in total. The molecule has 0 aliphatic rings. The maximum atomic E-state index is 6.08. The second kappa shape index (κ2) is 7.44. The molecule has 0 saturated carbocycles. The third kappa shape index (κ3) is 4.85. The van der Waals surface area contributed by atoms with Crippen LogP contribution < -0.4 is 10.1 Å². The first kappa shape index (κ1) is 15.9. The van der Waals surface area contributed by atoms with E-state index in [-0.39, 0.29) is 6.10 Å². The summed E-state index contributed by atoms with van der Waals surface area (Å²) in [6.07, 6.45) is 0.943. The van der Waals surface area contributed by atoms with Gasteiger partial charge in [0.1, 0.15) is 11.9 Å². The lowest BCUT2D eigenvalue weighted by atomic mass is 10.2. The van der Waals surface area contributed by atoms with Gasteiger partial charge in [0.05, 0.1) is 15.1 Å². The van der Waals surface area contributed by atoms with Crippen LogP contribution in [0.2, 0.25) is 15.1 Å². The van der Waals surface area contributed by atoms with Gasteiger partial charge in [0, 0.05) is 18.7 Å². The summed E-state index contributed by atoms with van der Waals surface area (Å²) in [6, 6.07) is 3.68. The second-order valence-corrected chi connectivity index (χ2v) is 5.63. The zero-order valence-electron chi connectivity index (χ0n) is 10.8. The Balaban J connectivity index is 2.72. The van der Waals surface area contributed by atoms with Crippen LogP contribution in [0.25, 0.3) is 0 Å². The van der Waals surface area contributed by atoms with Crippen LogP contribution in [0.1, 0.15) is 27.2 Å². The van der Waals surface area contributed by atoms with Crippen LogP contribution >= 0.6 is 34.8 Å². The monoisotopic (exact) mass is 309 g/mol. The van der Waals surface area contributed by atoms with Gasteiger partial charge < -0.3 is 10.1 Å². The van der Waals surface area contributed by atoms with Gasteiger partial charge in [0.2, 0.25) is 0 Å². The Kier molecular flexibility index (Phi) is 6.58. The standard InChI is InChI=1S/C13H18Cl3NO/c1-4-9(7-17-8(2)3)18-13-6-11(15)10(14)5-12(13)16/h5-6,8-9,17H,4,7H2,1-3H3. The van der Waals surface area contributed by atoms with E-state index in [1.807, 2.05) is 0 Å². The van der Waals surface area contributed by atoms with Crippen molar-refractivity contribution in [3.05, 3.63) is 27.2 Å². The fourth-order valence-corrected chi connectivity index (χ4v) is 1.99. The van der Waals surface area contributed by atoms with E-state index >= 15 is 0 Å². The molecule has 1 aromatic rings. The van der Waals surface area contributed by atoms with Crippen LogP contribution in [0, 0.1) is 0 Å². The highest BCUT2D eigenvalue weighted by molar-refractivity contribution is 6.43. The third-order valence-electron chi connectivity index (χ3n) is 2.48. The summed E-state index contributed by atoms with van der Waals surface area (Å²) in [5.41, 5.74) is 0. The average Bonchev–Trinajstić information content (AvgIpc) is 2.30. The van der Waals surface area contributed by atoms with E-state index in [9.17, 15) is 0 Å². The molecule has 102 valence electrons. The Bertz CT molecular complexity index is 396. The first-order chi connectivity index (χ1) is 8.43. The SMILES string of the molecule is CCC(CNC(C)C)Oc1cc(Cl)c(Cl)cc1Cl. The molecule has 0 spiro atoms. The van der Waals surface area contributed by atoms with Crippen LogP contribution in [-0.4, -0.2) is 18.7 Å². The third-order valence-corrected chi connectivity index (χ3v) is 3.50. The molecule has 0 aliphatic carbocycles. The second-order valence-electron chi connectivity index (χ2n) is 4.41. The van der Waals surface area contributed by atoms with Gasteiger partial charge in [0.25, 0.3) is 0 Å². The van der Waals surface area contributed by atoms with Crippen LogP contribution in [0.3, 0.4) is 0 Å². The van der Waals surface area contributed by atoms with Crippen molar-refractivity contribution < 1.29 is 4.74 Å². The summed E-state index contributed by atoms with van der Waals surface area (Å²) in [4.78, 5) is 0. The normalized spacial score (nSPS) is 12.8. The van der Waals surface area contributed by atoms with Crippen molar-refractivity contribution in [2.75, 3.05) is 6.54 Å². The molecule has 1 N–H and O–H groups in total. The molecule has 0 fully saturated rings. The highest BCUT2D eigenvalue weighted by atomic mass is 35.5. The van der Waals surface area contributed by atoms with Crippen LogP contribution in [0.4, 0.5) is 0 Å². The van der Waals surface area contributed by atoms with E-state index in [1.54, 1.807) is 12.1 Å². The molecule has 0 heterocycles. The number of nitrogens with one attached hydrogen (secondary N) is 1. The molecular formula is C13H18Cl3NO. The molecule has 1 rings (SSSR count). The van der Waals surface area contributed by atoms with Gasteiger partial charge in [-0.25, -0.2) is 0 Å². The number of halogens is 3. The Labute approximate surface area is 124 Å². The van der Waals surface area contributed by atoms with Crippen molar-refractivity contribution in [1.82, 2.24) is 5.32 Å². The fraction of sp³-hybridized carbons (Fsp3) is 0.538. The molecule has 0 aromatic heterocycles. The lowest BCUT2D eigenvalue weighted by Crippen LogP contribution is -2.34. The summed E-state index contributed by atoms with van der Waals surface area (Å²) >= 11 is 17.9. The maximum absolute atomic E-state index is 6.08. The lowest BCUT2D eigenvalue weighted by molar-refractivity contribution is 0.190. The number of benzene rings is 1. The molecule has 0 saturated heterocycles. The van der Waals surface area contributed by atoms with Crippen molar-refractivity contribution in [3.63, 3.8) is 0 Å². The minimum absolute atomic E-state index is 0.0575. The summed E-state index contributed by atoms with van der Waals surface area (Å²) < 4.78 is 5.84. The van der Waals surface area contributed by atoms with E-state index in [1.165, 1.54) is 0 Å². The van der Waals surface area contributed by atoms with Gasteiger partial charge >= 0.3 is 0 Å². The van der Waals surface area contributed by atoms with Crippen molar-refractivity contribution in [1.29, 1.82) is 0 Å². The van der Waals surface area contributed by atoms with E-state index < -0.39 is 0 Å². The predicted molar refractivity (Wildman–Crippen MR) is 79.3 cm³/mol. The van der Waals surface area contributed by atoms with Gasteiger partial charge in [0.15, 0.2) is 0 Å². The topological polar surface area (TPSA) is 21.3 Å². The highest BCUT2D eigenvalue weighted by Crippen LogP contribution is 2.34. The summed E-state index contributed by atoms with van der Waals surface area (Å²) in [7, 11) is 0. The first-order valence-corrected chi connectivity index (χ1v) is 7.12. The zero-order valence-corrected chi connectivity index (χ0v) is 13.0. The molecule has 1 unspecified atom stereocenters. The molecule has 1 atom stereocenters. The number of ether oxygens (including phenoxy) is 1. The van der Waals surface area contributed by atoms with Gasteiger partial charge in [-0.3, -0.25) is 0 Å². The van der Waals surface area contributed by atoms with E-state index in [0.717, 1.165) is 13.0 Å². The Morgan fingerprint density at radius 3 is 2.28 bits per heavy atom. The van der Waals surface area contributed by atoms with Crippen LogP contribution in [0.5, 0.6) is 5.75 Å². The Morgan fingerprint density at radius 2 is 1.72 bits per heavy atom. The van der Waals surface area contributed by atoms with Crippen molar-refractivity contribution in [2.45, 2.75) is 39.3 Å². The molecule has 1 aromatic carbocycles. The number of rotatable bonds is 6. The molecule has 0 amide bonds. The minimum atomic E-state index is 0.0575. The van der Waals surface area contributed by atoms with E-state index in [0.29, 0.717) is 26.9 Å². The van der Waals surface area contributed by atoms with Gasteiger partial charge in [-0.05, 0) is 12.5 Å². The summed E-state index contributed by atoms with van der Waals surface area (Å²) in [6.45, 7) is 7.03. The van der Waals surface area contributed by atoms with Crippen LogP contribution in [0.15, 0.2) is 12.1 Å². The van der Waals surface area contributed by atoms with Crippen molar-refractivity contribution >= 4 is 34.8 Å². The minimum Gasteiger partial charge on any atom is -0.487 e.